The van der Waals surface area contributed by atoms with Gasteiger partial charge in [-0.3, -0.25) is 9.11 Å². The summed E-state index contributed by atoms with van der Waals surface area (Å²) < 4.78 is 66.3. The van der Waals surface area contributed by atoms with Crippen LogP contribution in [-0.2, 0) is 25.7 Å². The highest BCUT2D eigenvalue weighted by Gasteiger charge is 2.44. The maximum atomic E-state index is 11.5. The van der Waals surface area contributed by atoms with Crippen LogP contribution >= 0.6 is 0 Å². The molecule has 0 radical (unpaired) electrons. The molecule has 138 valence electrons. The molecular weight excluding hydrogens is 378 g/mol. The summed E-state index contributed by atoms with van der Waals surface area (Å²) in [5.74, 6) is 0. The van der Waals surface area contributed by atoms with Gasteiger partial charge in [-0.2, -0.15) is 21.4 Å². The molecule has 0 aliphatic carbocycles. The van der Waals surface area contributed by atoms with Crippen molar-refractivity contribution in [3.8, 4) is 0 Å². The largest absolute Gasteiger partial charge is 0.294 e. The first-order chi connectivity index (χ1) is 11.8. The van der Waals surface area contributed by atoms with Crippen LogP contribution in [0.25, 0.3) is 0 Å². The molecule has 0 fully saturated rings. The van der Waals surface area contributed by atoms with Crippen LogP contribution in [0.5, 0.6) is 0 Å². The van der Waals surface area contributed by atoms with Crippen LogP contribution in [-0.4, -0.2) is 31.7 Å². The molecule has 2 N–H and O–H groups in total. The summed E-state index contributed by atoms with van der Waals surface area (Å²) in [6.45, 7) is 5.66. The Bertz CT molecular complexity index is 1160. The number of nitrogens with zero attached hydrogens (tertiary/aromatic N) is 1. The molecular formula is C17H18NO6S2+. The third kappa shape index (κ3) is 2.96. The molecule has 1 aliphatic rings. The van der Waals surface area contributed by atoms with Gasteiger partial charge in [0, 0.05) is 30.7 Å². The van der Waals surface area contributed by atoms with Crippen molar-refractivity contribution in [3.05, 3.63) is 48.0 Å². The molecule has 0 spiro atoms. The average molecular weight is 396 g/mol. The van der Waals surface area contributed by atoms with Gasteiger partial charge < -0.3 is 0 Å². The summed E-state index contributed by atoms with van der Waals surface area (Å²) in [6.07, 6.45) is 0. The molecule has 1 aliphatic heterocycles. The monoisotopic (exact) mass is 396 g/mol. The molecule has 2 aromatic rings. The summed E-state index contributed by atoms with van der Waals surface area (Å²) in [7, 11) is -8.69. The van der Waals surface area contributed by atoms with Crippen LogP contribution in [0, 0.1) is 0 Å². The van der Waals surface area contributed by atoms with Crippen LogP contribution < -0.4 is 4.58 Å². The van der Waals surface area contributed by atoms with E-state index in [0.717, 1.165) is 5.71 Å². The number of fused-ring (bicyclic) bond motifs is 1. The van der Waals surface area contributed by atoms with Crippen molar-refractivity contribution < 1.29 is 25.9 Å². The van der Waals surface area contributed by atoms with Crippen molar-refractivity contribution in [2.45, 2.75) is 36.0 Å². The molecule has 0 aromatic heterocycles. The third-order valence-electron chi connectivity index (χ3n) is 4.79. The standard InChI is InChI=1S/C17H17NO6S2/c1-11-17(2,3)15-10-14(26(22,23)24)7-8-16(15)18(11)12-5-4-6-13(9-12)25(19,20)21/h4-10H,1-3H3,(H-,19,20,21,22,23,24)/p+1. The van der Waals surface area contributed by atoms with E-state index in [-0.39, 0.29) is 9.79 Å². The van der Waals surface area contributed by atoms with Crippen molar-refractivity contribution in [3.63, 3.8) is 0 Å². The van der Waals surface area contributed by atoms with E-state index in [0.29, 0.717) is 16.9 Å². The van der Waals surface area contributed by atoms with Gasteiger partial charge >= 0.3 is 0 Å². The van der Waals surface area contributed by atoms with Crippen LogP contribution in [0.2, 0.25) is 0 Å². The summed E-state index contributed by atoms with van der Waals surface area (Å²) in [4.78, 5) is -0.436. The summed E-state index contributed by atoms with van der Waals surface area (Å²) in [6, 6.07) is 10.1. The molecule has 2 aromatic carbocycles. The van der Waals surface area contributed by atoms with Gasteiger partial charge in [0.05, 0.1) is 10.3 Å². The van der Waals surface area contributed by atoms with Gasteiger partial charge in [0.2, 0.25) is 11.4 Å². The van der Waals surface area contributed by atoms with Crippen molar-refractivity contribution in [2.24, 2.45) is 0 Å². The lowest BCUT2D eigenvalue weighted by Crippen LogP contribution is -2.26. The van der Waals surface area contributed by atoms with Gasteiger partial charge in [0.25, 0.3) is 20.2 Å². The molecule has 0 amide bonds. The lowest BCUT2D eigenvalue weighted by molar-refractivity contribution is 0.480. The Labute approximate surface area is 152 Å². The highest BCUT2D eigenvalue weighted by molar-refractivity contribution is 7.86. The Hall–Kier alpha value is -2.07. The van der Waals surface area contributed by atoms with Gasteiger partial charge in [-0.15, -0.1) is 0 Å². The average Bonchev–Trinajstić information content (AvgIpc) is 2.73. The summed E-state index contributed by atoms with van der Waals surface area (Å²) in [5.41, 5.74) is 2.16. The van der Waals surface area contributed by atoms with Gasteiger partial charge in [0.1, 0.15) is 4.90 Å². The predicted molar refractivity (Wildman–Crippen MR) is 97.7 cm³/mol. The van der Waals surface area contributed by atoms with Crippen LogP contribution in [0.15, 0.2) is 52.3 Å². The highest BCUT2D eigenvalue weighted by Crippen LogP contribution is 2.42. The maximum absolute atomic E-state index is 11.5. The Kier molecular flexibility index (Phi) is 4.11. The second kappa shape index (κ2) is 5.71. The molecule has 9 heteroatoms. The zero-order chi connectivity index (χ0) is 19.5. The normalized spacial score (nSPS) is 16.7. The van der Waals surface area contributed by atoms with E-state index in [9.17, 15) is 25.9 Å². The number of benzene rings is 2. The van der Waals surface area contributed by atoms with Gasteiger partial charge in [-0.1, -0.05) is 6.07 Å². The van der Waals surface area contributed by atoms with Crippen molar-refractivity contribution in [1.82, 2.24) is 4.58 Å². The molecule has 0 atom stereocenters. The molecule has 0 unspecified atom stereocenters. The van der Waals surface area contributed by atoms with Crippen molar-refractivity contribution in [1.29, 1.82) is 0 Å². The first kappa shape index (κ1) is 18.7. The Balaban J connectivity index is 2.28. The molecule has 26 heavy (non-hydrogen) atoms. The van der Waals surface area contributed by atoms with Crippen LogP contribution in [0.4, 0.5) is 11.4 Å². The van der Waals surface area contributed by atoms with E-state index in [2.05, 4.69) is 0 Å². The third-order valence-corrected chi connectivity index (χ3v) is 6.49. The SMILES string of the molecule is CC1=[N+](c2cccc(S(=O)(=O)O)c2)c2ccc(S(=O)(=O)O)cc2C1(C)C. The number of hydrogen-bond donors (Lipinski definition) is 2. The molecule has 0 saturated heterocycles. The predicted octanol–water partition coefficient (Wildman–Crippen LogP) is 2.77. The van der Waals surface area contributed by atoms with E-state index in [1.54, 1.807) is 16.7 Å². The second-order valence-corrected chi connectivity index (χ2v) is 9.52. The van der Waals surface area contributed by atoms with Gasteiger partial charge in [0.15, 0.2) is 5.71 Å². The first-order valence-electron chi connectivity index (χ1n) is 7.67. The van der Waals surface area contributed by atoms with Crippen LogP contribution in [0.1, 0.15) is 26.3 Å². The second-order valence-electron chi connectivity index (χ2n) is 6.67. The minimum atomic E-state index is -4.35. The lowest BCUT2D eigenvalue weighted by atomic mass is 9.82. The topological polar surface area (TPSA) is 112 Å². The summed E-state index contributed by atoms with van der Waals surface area (Å²) in [5, 5.41) is 0. The zero-order valence-corrected chi connectivity index (χ0v) is 16.0. The van der Waals surface area contributed by atoms with Crippen molar-refractivity contribution >= 4 is 37.3 Å². The molecule has 0 saturated carbocycles. The zero-order valence-electron chi connectivity index (χ0n) is 14.3. The Morgan fingerprint density at radius 1 is 0.885 bits per heavy atom. The van der Waals surface area contributed by atoms with E-state index >= 15 is 0 Å². The molecule has 1 heterocycles. The van der Waals surface area contributed by atoms with Gasteiger partial charge in [-0.25, -0.2) is 0 Å². The van der Waals surface area contributed by atoms with E-state index < -0.39 is 25.7 Å². The maximum Gasteiger partial charge on any atom is 0.294 e. The summed E-state index contributed by atoms with van der Waals surface area (Å²) >= 11 is 0. The number of rotatable bonds is 3. The smallest absolute Gasteiger partial charge is 0.282 e. The fourth-order valence-corrected chi connectivity index (χ4v) is 4.17. The Morgan fingerprint density at radius 2 is 1.46 bits per heavy atom. The van der Waals surface area contributed by atoms with Crippen LogP contribution in [0.3, 0.4) is 0 Å². The highest BCUT2D eigenvalue weighted by atomic mass is 32.2. The molecule has 3 rings (SSSR count). The van der Waals surface area contributed by atoms with E-state index in [1.165, 1.54) is 30.3 Å². The fourth-order valence-electron chi connectivity index (χ4n) is 3.14. The molecule has 0 bridgehead atoms. The van der Waals surface area contributed by atoms with Crippen molar-refractivity contribution in [2.75, 3.05) is 0 Å². The first-order valence-corrected chi connectivity index (χ1v) is 10.6. The Morgan fingerprint density at radius 3 is 2.04 bits per heavy atom. The quantitative estimate of drug-likeness (QED) is 0.609. The minimum Gasteiger partial charge on any atom is -0.282 e. The fraction of sp³-hybridized carbons (Fsp3) is 0.235. The lowest BCUT2D eigenvalue weighted by Gasteiger charge is -2.15. The van der Waals surface area contributed by atoms with Gasteiger partial charge in [-0.05, 0) is 32.0 Å². The number of hydrogen-bond acceptors (Lipinski definition) is 4. The van der Waals surface area contributed by atoms with E-state index in [4.69, 9.17) is 0 Å². The molecule has 7 nitrogen and oxygen atoms in total. The van der Waals surface area contributed by atoms with E-state index in [1.807, 2.05) is 20.8 Å². The minimum absolute atomic E-state index is 0.203.